The number of aliphatic carboxylic acids is 2. The molecule has 3 heterocycles. The fourth-order valence-electron chi connectivity index (χ4n) is 8.04. The van der Waals surface area contributed by atoms with Crippen LogP contribution in [0.25, 0.3) is 21.8 Å². The Morgan fingerprint density at radius 3 is 1.11 bits per heavy atom. The average molecular weight is 915 g/mol. The first-order valence-corrected chi connectivity index (χ1v) is 22.5. The first kappa shape index (κ1) is 50.2. The number of fused-ring (bicyclic) bond motifs is 2. The monoisotopic (exact) mass is 914 g/mol. The zero-order valence-corrected chi connectivity index (χ0v) is 36.9. The molecule has 1 fully saturated rings. The van der Waals surface area contributed by atoms with E-state index in [2.05, 4.69) is 41.9 Å². The van der Waals surface area contributed by atoms with E-state index < -0.39 is 96.5 Å². The molecule has 2 aromatic carbocycles. The highest BCUT2D eigenvalue weighted by Crippen LogP contribution is 2.22. The Hall–Kier alpha value is -6.80. The smallest absolute Gasteiger partial charge is 0.303 e. The third-order valence-electron chi connectivity index (χ3n) is 11.7. The summed E-state index contributed by atoms with van der Waals surface area (Å²) >= 11 is 0. The molecule has 1 aliphatic rings. The number of nitrogens with one attached hydrogen (secondary N) is 8. The second-order valence-corrected chi connectivity index (χ2v) is 16.6. The maximum absolute atomic E-state index is 14.7. The molecule has 5 rings (SSSR count). The number of carboxylic acid groups (broad SMARTS) is 2. The van der Waals surface area contributed by atoms with Crippen molar-refractivity contribution in [2.45, 2.75) is 126 Å². The van der Waals surface area contributed by atoms with Crippen LogP contribution >= 0.6 is 0 Å². The largest absolute Gasteiger partial charge is 0.481 e. The second-order valence-electron chi connectivity index (χ2n) is 16.6. The van der Waals surface area contributed by atoms with Crippen molar-refractivity contribution < 1.29 is 48.6 Å². The molecule has 0 aliphatic carbocycles. The lowest BCUT2D eigenvalue weighted by Crippen LogP contribution is -2.62. The summed E-state index contributed by atoms with van der Waals surface area (Å²) in [5.74, 6) is -7.51. The van der Waals surface area contributed by atoms with Crippen LogP contribution in [0.5, 0.6) is 0 Å². The van der Waals surface area contributed by atoms with Crippen LogP contribution < -0.4 is 43.4 Å². The van der Waals surface area contributed by atoms with Gasteiger partial charge in [0.15, 0.2) is 0 Å². The third-order valence-corrected chi connectivity index (χ3v) is 11.7. The Morgan fingerprint density at radius 2 is 0.758 bits per heavy atom. The fraction of sp³-hybridized carbons (Fsp3) is 0.478. The maximum atomic E-state index is 14.7. The lowest BCUT2D eigenvalue weighted by Gasteiger charge is -2.29. The van der Waals surface area contributed by atoms with Crippen LogP contribution in [-0.2, 0) is 51.2 Å². The minimum atomic E-state index is -1.50. The molecule has 6 amide bonds. The number of benzene rings is 2. The number of nitrogens with two attached hydrogens (primary N) is 2. The van der Waals surface area contributed by atoms with Crippen LogP contribution in [0.1, 0.15) is 88.2 Å². The number of para-hydroxylation sites is 2. The number of carbonyl (C=O) groups is 8. The number of hydrogen-bond acceptors (Lipinski definition) is 10. The van der Waals surface area contributed by atoms with E-state index >= 15 is 0 Å². The molecule has 1 aliphatic heterocycles. The molecule has 0 spiro atoms. The average Bonchev–Trinajstić information content (AvgIpc) is 3.90. The molecule has 356 valence electrons. The number of aromatic nitrogens is 2. The van der Waals surface area contributed by atoms with E-state index in [4.69, 9.17) is 11.5 Å². The van der Waals surface area contributed by atoms with Crippen molar-refractivity contribution in [3.05, 3.63) is 72.1 Å². The van der Waals surface area contributed by atoms with E-state index in [0.717, 1.165) is 21.8 Å². The Balaban J connectivity index is 1.60. The lowest BCUT2D eigenvalue weighted by atomic mass is 10.00. The highest BCUT2D eigenvalue weighted by molar-refractivity contribution is 5.99. The molecule has 14 N–H and O–H groups in total. The van der Waals surface area contributed by atoms with Gasteiger partial charge in [-0.15, -0.1) is 0 Å². The molecule has 6 atom stereocenters. The normalized spacial score (nSPS) is 21.5. The van der Waals surface area contributed by atoms with Crippen molar-refractivity contribution in [1.29, 1.82) is 0 Å². The van der Waals surface area contributed by atoms with E-state index in [1.807, 2.05) is 36.4 Å². The van der Waals surface area contributed by atoms with Gasteiger partial charge < -0.3 is 63.5 Å². The standard InChI is InChI=1S/C46H62N10O10/c47-21-9-1-3-15-33-41(61)51-34(16-4-2-10-22-48)42(62)53-36(18-20-40(59)60)44(64)55-38(24-28-26-50-32-14-8-6-12-30(28)32)46(66)56-37(23-27-25-49-31-13-7-5-11-29(27)31)45(65)54-35(43(63)52-33)17-19-39(57)58/h5-8,11-14,25-26,33-38,49-50H,1-4,9-10,15-24,47-48H2,(H,51,61)(H,52,63)(H,53,62)(H,54,65)(H,55,64)(H,56,66)(H,57,58)(H,59,60)/t33-,34-,35-,36-,37-,38-/m0/s1. The second kappa shape index (κ2) is 25.0. The summed E-state index contributed by atoms with van der Waals surface area (Å²) in [5.41, 5.74) is 14.1. The van der Waals surface area contributed by atoms with Gasteiger partial charge >= 0.3 is 11.9 Å². The van der Waals surface area contributed by atoms with Crippen molar-refractivity contribution in [3.8, 4) is 0 Å². The summed E-state index contributed by atoms with van der Waals surface area (Å²) in [6.07, 6.45) is 4.67. The van der Waals surface area contributed by atoms with E-state index in [0.29, 0.717) is 62.7 Å². The number of carbonyl (C=O) groups excluding carboxylic acids is 6. The number of amides is 6. The summed E-state index contributed by atoms with van der Waals surface area (Å²) in [6, 6.07) is 6.15. The molecule has 0 unspecified atom stereocenters. The van der Waals surface area contributed by atoms with Crippen molar-refractivity contribution in [2.75, 3.05) is 13.1 Å². The molecule has 66 heavy (non-hydrogen) atoms. The lowest BCUT2D eigenvalue weighted by molar-refractivity contribution is -0.140. The summed E-state index contributed by atoms with van der Waals surface area (Å²) in [5, 5.41) is 37.0. The Morgan fingerprint density at radius 1 is 0.439 bits per heavy atom. The van der Waals surface area contributed by atoms with E-state index in [1.54, 1.807) is 24.5 Å². The topological polar surface area (TPSA) is 333 Å². The summed E-state index contributed by atoms with van der Waals surface area (Å²) in [4.78, 5) is 116. The molecule has 4 aromatic rings. The quantitative estimate of drug-likeness (QED) is 0.0556. The van der Waals surface area contributed by atoms with Gasteiger partial charge in [0.05, 0.1) is 0 Å². The maximum Gasteiger partial charge on any atom is 0.303 e. The van der Waals surface area contributed by atoms with Gasteiger partial charge in [0.1, 0.15) is 36.3 Å². The Kier molecular flexibility index (Phi) is 19.0. The van der Waals surface area contributed by atoms with E-state index in [9.17, 15) is 48.6 Å². The number of carboxylic acids is 2. The van der Waals surface area contributed by atoms with Gasteiger partial charge in [-0.05, 0) is 74.9 Å². The Bertz CT molecular complexity index is 2230. The van der Waals surface area contributed by atoms with Crippen LogP contribution in [0.3, 0.4) is 0 Å². The minimum Gasteiger partial charge on any atom is -0.481 e. The van der Waals surface area contributed by atoms with Gasteiger partial charge in [0, 0.05) is 59.9 Å². The van der Waals surface area contributed by atoms with Crippen LogP contribution in [0.2, 0.25) is 0 Å². The minimum absolute atomic E-state index is 0.0827. The van der Waals surface area contributed by atoms with Crippen molar-refractivity contribution in [1.82, 2.24) is 41.9 Å². The van der Waals surface area contributed by atoms with Crippen LogP contribution in [0, 0.1) is 0 Å². The van der Waals surface area contributed by atoms with Crippen LogP contribution in [0.4, 0.5) is 0 Å². The van der Waals surface area contributed by atoms with Gasteiger partial charge in [-0.3, -0.25) is 38.4 Å². The van der Waals surface area contributed by atoms with Gasteiger partial charge in [-0.25, -0.2) is 0 Å². The number of rotatable bonds is 20. The predicted molar refractivity (Wildman–Crippen MR) is 244 cm³/mol. The third kappa shape index (κ3) is 14.6. The molecule has 0 saturated carbocycles. The van der Waals surface area contributed by atoms with Gasteiger partial charge in [0.2, 0.25) is 35.4 Å². The number of hydrogen-bond donors (Lipinski definition) is 12. The van der Waals surface area contributed by atoms with Crippen LogP contribution in [-0.4, -0.2) is 117 Å². The molecule has 0 bridgehead atoms. The summed E-state index contributed by atoms with van der Waals surface area (Å²) < 4.78 is 0. The number of unbranched alkanes of at least 4 members (excludes halogenated alkanes) is 4. The van der Waals surface area contributed by atoms with Gasteiger partial charge in [0.25, 0.3) is 0 Å². The molecule has 2 aromatic heterocycles. The number of H-pyrrole nitrogens is 2. The SMILES string of the molecule is NCCCCC[C@@H]1NC(=O)[C@H](CCCCCN)NC(=O)[C@H](CCC(=O)O)NC(=O)[C@H](Cc2c[nH]c3ccccc23)NC(=O)[C@H](Cc2c[nH]c3ccccc23)NC(=O)[C@H](CCC(=O)O)NC1=O. The highest BCUT2D eigenvalue weighted by atomic mass is 16.4. The zero-order valence-electron chi connectivity index (χ0n) is 36.9. The molecule has 0 radical (unpaired) electrons. The first-order chi connectivity index (χ1) is 31.8. The molecular weight excluding hydrogens is 853 g/mol. The molecular formula is C46H62N10O10. The van der Waals surface area contributed by atoms with Crippen molar-refractivity contribution >= 4 is 69.2 Å². The Labute approximate surface area is 381 Å². The van der Waals surface area contributed by atoms with E-state index in [1.165, 1.54) is 0 Å². The van der Waals surface area contributed by atoms with Gasteiger partial charge in [-0.2, -0.15) is 0 Å². The summed E-state index contributed by atoms with van der Waals surface area (Å²) in [7, 11) is 0. The van der Waals surface area contributed by atoms with Crippen molar-refractivity contribution in [2.24, 2.45) is 11.5 Å². The van der Waals surface area contributed by atoms with Gasteiger partial charge in [-0.1, -0.05) is 62.1 Å². The molecule has 20 nitrogen and oxygen atoms in total. The van der Waals surface area contributed by atoms with Crippen molar-refractivity contribution in [3.63, 3.8) is 0 Å². The first-order valence-electron chi connectivity index (χ1n) is 22.5. The fourth-order valence-corrected chi connectivity index (χ4v) is 8.04. The molecule has 1 saturated heterocycles. The predicted octanol–water partition coefficient (Wildman–Crippen LogP) is 1.12. The van der Waals surface area contributed by atoms with Crippen LogP contribution in [0.15, 0.2) is 60.9 Å². The zero-order chi connectivity index (χ0) is 47.6. The summed E-state index contributed by atoms with van der Waals surface area (Å²) in [6.45, 7) is 0.766. The number of aromatic amines is 2. The molecule has 20 heteroatoms. The highest BCUT2D eigenvalue weighted by Gasteiger charge is 2.36. The van der Waals surface area contributed by atoms with E-state index in [-0.39, 0.29) is 38.5 Å².